The highest BCUT2D eigenvalue weighted by Gasteiger charge is 2.15. The molecule has 2 heterocycles. The van der Waals surface area contributed by atoms with Crippen LogP contribution in [0.2, 0.25) is 5.02 Å². The van der Waals surface area contributed by atoms with Crippen molar-refractivity contribution >= 4 is 22.5 Å². The molecular formula is C16H19ClN2O2. The van der Waals surface area contributed by atoms with E-state index in [1.54, 1.807) is 17.0 Å². The summed E-state index contributed by atoms with van der Waals surface area (Å²) in [6.45, 7) is 4.36. The van der Waals surface area contributed by atoms with E-state index >= 15 is 0 Å². The fourth-order valence-corrected chi connectivity index (χ4v) is 3.20. The van der Waals surface area contributed by atoms with Crippen molar-refractivity contribution < 1.29 is 4.74 Å². The van der Waals surface area contributed by atoms with Gasteiger partial charge in [0.15, 0.2) is 0 Å². The van der Waals surface area contributed by atoms with Gasteiger partial charge in [-0.05, 0) is 49.8 Å². The fraction of sp³-hybridized carbons (Fsp3) is 0.500. The minimum Gasteiger partial charge on any atom is -0.381 e. The lowest BCUT2D eigenvalue weighted by molar-refractivity contribution is 0.183. The third-order valence-electron chi connectivity index (χ3n) is 4.12. The molecule has 1 aromatic carbocycles. The molecule has 1 atom stereocenters. The van der Waals surface area contributed by atoms with Gasteiger partial charge in [0.2, 0.25) is 0 Å². The second kappa shape index (κ2) is 6.16. The minimum absolute atomic E-state index is 0.00623. The van der Waals surface area contributed by atoms with Crippen molar-refractivity contribution in [1.82, 2.24) is 9.55 Å². The number of aryl methyl sites for hydroxylation is 2. The summed E-state index contributed by atoms with van der Waals surface area (Å²) in [5.41, 5.74) is 1.67. The monoisotopic (exact) mass is 306 g/mol. The van der Waals surface area contributed by atoms with Gasteiger partial charge in [0.05, 0.1) is 17.2 Å². The molecule has 1 unspecified atom stereocenters. The average molecular weight is 307 g/mol. The number of hydrogen-bond acceptors (Lipinski definition) is 3. The number of aromatic nitrogens is 2. The van der Waals surface area contributed by atoms with Gasteiger partial charge in [-0.3, -0.25) is 9.36 Å². The third kappa shape index (κ3) is 3.11. The van der Waals surface area contributed by atoms with Crippen LogP contribution in [0.5, 0.6) is 0 Å². The van der Waals surface area contributed by atoms with Gasteiger partial charge in [0.1, 0.15) is 0 Å². The highest BCUT2D eigenvalue weighted by atomic mass is 35.5. The van der Waals surface area contributed by atoms with E-state index < -0.39 is 0 Å². The molecule has 4 nitrogen and oxygen atoms in total. The first kappa shape index (κ1) is 14.5. The van der Waals surface area contributed by atoms with Gasteiger partial charge in [-0.25, -0.2) is 4.98 Å². The van der Waals surface area contributed by atoms with Crippen molar-refractivity contribution in [2.75, 3.05) is 13.2 Å². The van der Waals surface area contributed by atoms with Crippen molar-refractivity contribution in [2.24, 2.45) is 5.92 Å². The zero-order valence-electron chi connectivity index (χ0n) is 12.1. The van der Waals surface area contributed by atoms with Crippen molar-refractivity contribution in [2.45, 2.75) is 32.7 Å². The number of ether oxygens (including phenoxy) is 1. The Morgan fingerprint density at radius 3 is 3.10 bits per heavy atom. The first-order chi connectivity index (χ1) is 10.1. The summed E-state index contributed by atoms with van der Waals surface area (Å²) in [6.07, 6.45) is 4.86. The summed E-state index contributed by atoms with van der Waals surface area (Å²) >= 11 is 6.05. The van der Waals surface area contributed by atoms with Crippen LogP contribution in [0.3, 0.4) is 0 Å². The second-order valence-electron chi connectivity index (χ2n) is 5.73. The maximum absolute atomic E-state index is 12.5. The van der Waals surface area contributed by atoms with Crippen LogP contribution in [0.25, 0.3) is 10.9 Å². The molecule has 0 bridgehead atoms. The Morgan fingerprint density at radius 2 is 2.33 bits per heavy atom. The lowest BCUT2D eigenvalue weighted by atomic mass is 10.0. The molecule has 0 saturated carbocycles. The Morgan fingerprint density at radius 1 is 1.48 bits per heavy atom. The normalized spacial score (nSPS) is 18.5. The van der Waals surface area contributed by atoms with Gasteiger partial charge in [-0.2, -0.15) is 0 Å². The Kier molecular flexibility index (Phi) is 4.27. The quantitative estimate of drug-likeness (QED) is 0.871. The molecular weight excluding hydrogens is 288 g/mol. The predicted molar refractivity (Wildman–Crippen MR) is 83.9 cm³/mol. The minimum atomic E-state index is -0.00623. The zero-order valence-corrected chi connectivity index (χ0v) is 12.9. The van der Waals surface area contributed by atoms with Crippen LogP contribution >= 0.6 is 11.6 Å². The summed E-state index contributed by atoms with van der Waals surface area (Å²) in [6, 6.07) is 3.54. The molecule has 0 aliphatic carbocycles. The number of fused-ring (bicyclic) bond motifs is 1. The number of benzene rings is 1. The fourth-order valence-electron chi connectivity index (χ4n) is 2.93. The van der Waals surface area contributed by atoms with Crippen molar-refractivity contribution in [3.05, 3.63) is 39.4 Å². The zero-order chi connectivity index (χ0) is 14.8. The topological polar surface area (TPSA) is 44.1 Å². The maximum atomic E-state index is 12.5. The SMILES string of the molecule is Cc1cc(Cl)cc2c(=O)n(CCCC3CCOC3)cnc12. The molecule has 1 aromatic heterocycles. The molecule has 0 spiro atoms. The number of hydrogen-bond donors (Lipinski definition) is 0. The third-order valence-corrected chi connectivity index (χ3v) is 4.34. The Labute approximate surface area is 128 Å². The van der Waals surface area contributed by atoms with E-state index in [-0.39, 0.29) is 5.56 Å². The molecule has 0 amide bonds. The largest absolute Gasteiger partial charge is 0.381 e. The first-order valence-corrected chi connectivity index (χ1v) is 7.76. The first-order valence-electron chi connectivity index (χ1n) is 7.38. The van der Waals surface area contributed by atoms with Crippen molar-refractivity contribution in [3.63, 3.8) is 0 Å². The lowest BCUT2D eigenvalue weighted by Crippen LogP contribution is -2.21. The number of nitrogens with zero attached hydrogens (tertiary/aromatic N) is 2. The van der Waals surface area contributed by atoms with Crippen molar-refractivity contribution in [1.29, 1.82) is 0 Å². The Bertz CT molecular complexity index is 705. The molecule has 2 aromatic rings. The highest BCUT2D eigenvalue weighted by molar-refractivity contribution is 6.31. The van der Waals surface area contributed by atoms with Crippen LogP contribution in [0.4, 0.5) is 0 Å². The highest BCUT2D eigenvalue weighted by Crippen LogP contribution is 2.20. The summed E-state index contributed by atoms with van der Waals surface area (Å²) in [4.78, 5) is 16.9. The predicted octanol–water partition coefficient (Wildman–Crippen LogP) is 3.18. The molecule has 112 valence electrons. The van der Waals surface area contributed by atoms with E-state index in [1.807, 2.05) is 13.0 Å². The Balaban J connectivity index is 1.79. The second-order valence-corrected chi connectivity index (χ2v) is 6.17. The molecule has 0 N–H and O–H groups in total. The summed E-state index contributed by atoms with van der Waals surface area (Å²) < 4.78 is 7.06. The molecule has 3 rings (SSSR count). The molecule has 1 aliphatic rings. The van der Waals surface area contributed by atoms with Crippen LogP contribution < -0.4 is 5.56 Å². The smallest absolute Gasteiger partial charge is 0.261 e. The molecule has 1 saturated heterocycles. The molecule has 0 radical (unpaired) electrons. The van der Waals surface area contributed by atoms with Gasteiger partial charge in [-0.1, -0.05) is 11.6 Å². The maximum Gasteiger partial charge on any atom is 0.261 e. The van der Waals surface area contributed by atoms with E-state index in [9.17, 15) is 4.79 Å². The summed E-state index contributed by atoms with van der Waals surface area (Å²) in [5.74, 6) is 0.644. The van der Waals surface area contributed by atoms with Gasteiger partial charge < -0.3 is 4.74 Å². The number of halogens is 1. The van der Waals surface area contributed by atoms with E-state index in [1.165, 1.54) is 0 Å². The summed E-state index contributed by atoms with van der Waals surface area (Å²) in [7, 11) is 0. The van der Waals surface area contributed by atoms with Gasteiger partial charge in [0.25, 0.3) is 5.56 Å². The van der Waals surface area contributed by atoms with Crippen LogP contribution in [-0.4, -0.2) is 22.8 Å². The van der Waals surface area contributed by atoms with Gasteiger partial charge in [0, 0.05) is 24.8 Å². The van der Waals surface area contributed by atoms with Gasteiger partial charge in [-0.15, -0.1) is 0 Å². The molecule has 1 fully saturated rings. The van der Waals surface area contributed by atoms with Crippen LogP contribution in [-0.2, 0) is 11.3 Å². The standard InChI is InChI=1S/C16H19ClN2O2/c1-11-7-13(17)8-14-15(11)18-10-19(16(14)20)5-2-3-12-4-6-21-9-12/h7-8,10,12H,2-6,9H2,1H3. The van der Waals surface area contributed by atoms with E-state index in [2.05, 4.69) is 4.98 Å². The van der Waals surface area contributed by atoms with E-state index in [4.69, 9.17) is 16.3 Å². The average Bonchev–Trinajstić information content (AvgIpc) is 2.95. The van der Waals surface area contributed by atoms with E-state index in [0.717, 1.165) is 43.6 Å². The number of rotatable bonds is 4. The van der Waals surface area contributed by atoms with Crippen LogP contribution in [0, 0.1) is 12.8 Å². The lowest BCUT2D eigenvalue weighted by Gasteiger charge is -2.10. The summed E-state index contributed by atoms with van der Waals surface area (Å²) in [5, 5.41) is 1.19. The molecule has 1 aliphatic heterocycles. The van der Waals surface area contributed by atoms with Crippen molar-refractivity contribution in [3.8, 4) is 0 Å². The van der Waals surface area contributed by atoms with Crippen LogP contribution in [0.15, 0.2) is 23.3 Å². The Hall–Kier alpha value is -1.39. The van der Waals surface area contributed by atoms with Crippen LogP contribution in [0.1, 0.15) is 24.8 Å². The molecule has 21 heavy (non-hydrogen) atoms. The van der Waals surface area contributed by atoms with Gasteiger partial charge >= 0.3 is 0 Å². The molecule has 5 heteroatoms. The van der Waals surface area contributed by atoms with E-state index in [0.29, 0.717) is 22.9 Å².